The van der Waals surface area contributed by atoms with Crippen LogP contribution in [0.4, 0.5) is 5.69 Å². The van der Waals surface area contributed by atoms with Gasteiger partial charge in [0, 0.05) is 18.3 Å². The minimum absolute atomic E-state index is 0.137. The minimum atomic E-state index is -3.52. The van der Waals surface area contributed by atoms with Crippen LogP contribution in [0.5, 0.6) is 0 Å². The number of rotatable bonds is 7. The third-order valence-corrected chi connectivity index (χ3v) is 4.51. The lowest BCUT2D eigenvalue weighted by atomic mass is 10.1. The average molecular weight is 300 g/mol. The number of hydrazine groups is 1. The van der Waals surface area contributed by atoms with Gasteiger partial charge in [-0.1, -0.05) is 13.8 Å². The van der Waals surface area contributed by atoms with Gasteiger partial charge in [-0.05, 0) is 44.3 Å². The Balaban J connectivity index is 2.91. The maximum absolute atomic E-state index is 12.3. The van der Waals surface area contributed by atoms with Crippen LogP contribution in [0.25, 0.3) is 0 Å². The molecule has 20 heavy (non-hydrogen) atoms. The first kappa shape index (κ1) is 16.9. The standard InChI is InChI=1S/C13H24N4O2S/c1-10(2)13(9-17(3)4)16-20(18,19)12-7-5-11(15-14)6-8-12/h5-8,10,13,15-16H,9,14H2,1-4H3. The van der Waals surface area contributed by atoms with Crippen LogP contribution in [0.3, 0.4) is 0 Å². The summed E-state index contributed by atoms with van der Waals surface area (Å²) in [5, 5.41) is 0. The number of nitrogens with zero attached hydrogens (tertiary/aromatic N) is 1. The molecule has 0 bridgehead atoms. The zero-order valence-electron chi connectivity index (χ0n) is 12.4. The Hall–Kier alpha value is -1.15. The van der Waals surface area contributed by atoms with Crippen molar-refractivity contribution in [2.75, 3.05) is 26.1 Å². The molecule has 0 aliphatic carbocycles. The first-order valence-corrected chi connectivity index (χ1v) is 7.98. The van der Waals surface area contributed by atoms with Crippen LogP contribution in [0.15, 0.2) is 29.2 Å². The Morgan fingerprint density at radius 3 is 2.15 bits per heavy atom. The van der Waals surface area contributed by atoms with Crippen LogP contribution < -0.4 is 16.0 Å². The van der Waals surface area contributed by atoms with E-state index < -0.39 is 10.0 Å². The van der Waals surface area contributed by atoms with Crippen molar-refractivity contribution in [1.29, 1.82) is 0 Å². The lowest BCUT2D eigenvalue weighted by Crippen LogP contribution is -2.44. The lowest BCUT2D eigenvalue weighted by Gasteiger charge is -2.25. The second-order valence-electron chi connectivity index (χ2n) is 5.40. The summed E-state index contributed by atoms with van der Waals surface area (Å²) in [6.45, 7) is 4.65. The Kier molecular flexibility index (Phi) is 5.94. The summed E-state index contributed by atoms with van der Waals surface area (Å²) < 4.78 is 27.5. The van der Waals surface area contributed by atoms with Crippen LogP contribution >= 0.6 is 0 Å². The largest absolute Gasteiger partial charge is 0.324 e. The quantitative estimate of drug-likeness (QED) is 0.513. The zero-order valence-corrected chi connectivity index (χ0v) is 13.2. The van der Waals surface area contributed by atoms with Crippen LogP contribution in [-0.4, -0.2) is 40.0 Å². The van der Waals surface area contributed by atoms with Gasteiger partial charge in [-0.25, -0.2) is 13.1 Å². The topological polar surface area (TPSA) is 87.5 Å². The fraction of sp³-hybridized carbons (Fsp3) is 0.538. The number of likely N-dealkylation sites (N-methyl/N-ethyl adjacent to an activating group) is 1. The van der Waals surface area contributed by atoms with E-state index in [0.29, 0.717) is 12.2 Å². The number of nitrogens with one attached hydrogen (secondary N) is 2. The van der Waals surface area contributed by atoms with E-state index in [9.17, 15) is 8.42 Å². The fourth-order valence-electron chi connectivity index (χ4n) is 1.78. The Morgan fingerprint density at radius 1 is 1.20 bits per heavy atom. The predicted molar refractivity (Wildman–Crippen MR) is 81.8 cm³/mol. The molecule has 0 saturated carbocycles. The summed E-state index contributed by atoms with van der Waals surface area (Å²) >= 11 is 0. The van der Waals surface area contributed by atoms with Gasteiger partial charge in [0.05, 0.1) is 4.90 Å². The molecule has 1 aromatic carbocycles. The van der Waals surface area contributed by atoms with Crippen molar-refractivity contribution >= 4 is 15.7 Å². The molecule has 0 radical (unpaired) electrons. The summed E-state index contributed by atoms with van der Waals surface area (Å²) in [5.74, 6) is 5.47. The van der Waals surface area contributed by atoms with Gasteiger partial charge < -0.3 is 10.3 Å². The minimum Gasteiger partial charge on any atom is -0.324 e. The van der Waals surface area contributed by atoms with Crippen molar-refractivity contribution in [3.8, 4) is 0 Å². The highest BCUT2D eigenvalue weighted by Crippen LogP contribution is 2.15. The molecule has 0 fully saturated rings. The second-order valence-corrected chi connectivity index (χ2v) is 7.12. The van der Waals surface area contributed by atoms with E-state index >= 15 is 0 Å². The van der Waals surface area contributed by atoms with E-state index in [2.05, 4.69) is 10.1 Å². The van der Waals surface area contributed by atoms with E-state index in [1.54, 1.807) is 12.1 Å². The Bertz CT molecular complexity index is 512. The van der Waals surface area contributed by atoms with Crippen LogP contribution in [0, 0.1) is 5.92 Å². The summed E-state index contributed by atoms with van der Waals surface area (Å²) in [5.41, 5.74) is 3.13. The predicted octanol–water partition coefficient (Wildman–Crippen LogP) is 0.837. The van der Waals surface area contributed by atoms with Crippen LogP contribution in [-0.2, 0) is 10.0 Å². The van der Waals surface area contributed by atoms with E-state index in [1.807, 2.05) is 32.8 Å². The number of hydrogen-bond donors (Lipinski definition) is 3. The Labute approximate surface area is 121 Å². The molecular weight excluding hydrogens is 276 g/mol. The monoisotopic (exact) mass is 300 g/mol. The van der Waals surface area contributed by atoms with Crippen LogP contribution in [0.1, 0.15) is 13.8 Å². The maximum Gasteiger partial charge on any atom is 0.240 e. The summed E-state index contributed by atoms with van der Waals surface area (Å²) in [7, 11) is 0.324. The third-order valence-electron chi connectivity index (χ3n) is 3.00. The van der Waals surface area contributed by atoms with E-state index in [0.717, 1.165) is 0 Å². The highest BCUT2D eigenvalue weighted by molar-refractivity contribution is 7.89. The maximum atomic E-state index is 12.3. The zero-order chi connectivity index (χ0) is 15.3. The molecule has 7 heteroatoms. The van der Waals surface area contributed by atoms with Crippen molar-refractivity contribution in [3.05, 3.63) is 24.3 Å². The summed E-state index contributed by atoms with van der Waals surface area (Å²) in [6.07, 6.45) is 0. The average Bonchev–Trinajstić information content (AvgIpc) is 2.37. The molecule has 0 aliphatic heterocycles. The molecule has 114 valence electrons. The lowest BCUT2D eigenvalue weighted by molar-refractivity contribution is 0.314. The molecule has 1 aromatic rings. The van der Waals surface area contributed by atoms with Gasteiger partial charge in [0.25, 0.3) is 0 Å². The number of anilines is 1. The van der Waals surface area contributed by atoms with Gasteiger partial charge in [0.1, 0.15) is 0 Å². The third kappa shape index (κ3) is 4.75. The number of nitrogen functional groups attached to an aromatic ring is 1. The van der Waals surface area contributed by atoms with Gasteiger partial charge in [-0.15, -0.1) is 0 Å². The van der Waals surface area contributed by atoms with Crippen LogP contribution in [0.2, 0.25) is 0 Å². The molecule has 0 aromatic heterocycles. The van der Waals surface area contributed by atoms with Crippen molar-refractivity contribution in [2.24, 2.45) is 11.8 Å². The molecule has 1 atom stereocenters. The molecule has 0 heterocycles. The van der Waals surface area contributed by atoms with Crippen molar-refractivity contribution in [3.63, 3.8) is 0 Å². The SMILES string of the molecule is CC(C)C(CN(C)C)NS(=O)(=O)c1ccc(NN)cc1. The van der Waals surface area contributed by atoms with Gasteiger partial charge in [-0.2, -0.15) is 0 Å². The summed E-state index contributed by atoms with van der Waals surface area (Å²) in [4.78, 5) is 2.20. The highest BCUT2D eigenvalue weighted by atomic mass is 32.2. The molecule has 0 aliphatic rings. The first-order valence-electron chi connectivity index (χ1n) is 6.50. The molecule has 1 unspecified atom stereocenters. The van der Waals surface area contributed by atoms with E-state index in [4.69, 9.17) is 5.84 Å². The molecular formula is C13H24N4O2S. The fourth-order valence-corrected chi connectivity index (χ4v) is 3.15. The summed E-state index contributed by atoms with van der Waals surface area (Å²) in [6, 6.07) is 6.19. The second kappa shape index (κ2) is 7.03. The smallest absolute Gasteiger partial charge is 0.240 e. The normalized spacial score (nSPS) is 13.8. The van der Waals surface area contributed by atoms with Gasteiger partial charge >= 0.3 is 0 Å². The van der Waals surface area contributed by atoms with E-state index in [-0.39, 0.29) is 16.9 Å². The van der Waals surface area contributed by atoms with Crippen molar-refractivity contribution in [2.45, 2.75) is 24.8 Å². The number of hydrogen-bond acceptors (Lipinski definition) is 5. The highest BCUT2D eigenvalue weighted by Gasteiger charge is 2.22. The van der Waals surface area contributed by atoms with E-state index in [1.165, 1.54) is 12.1 Å². The molecule has 0 saturated heterocycles. The van der Waals surface area contributed by atoms with Gasteiger partial charge in [0.2, 0.25) is 10.0 Å². The number of nitrogens with two attached hydrogens (primary N) is 1. The number of benzene rings is 1. The van der Waals surface area contributed by atoms with Gasteiger partial charge in [-0.3, -0.25) is 5.84 Å². The molecule has 4 N–H and O–H groups in total. The Morgan fingerprint density at radius 2 is 1.75 bits per heavy atom. The molecule has 0 spiro atoms. The van der Waals surface area contributed by atoms with Gasteiger partial charge in [0.15, 0.2) is 0 Å². The molecule has 6 nitrogen and oxygen atoms in total. The molecule has 1 rings (SSSR count). The van der Waals surface area contributed by atoms with Crippen molar-refractivity contribution < 1.29 is 8.42 Å². The molecule has 0 amide bonds. The van der Waals surface area contributed by atoms with Crippen molar-refractivity contribution in [1.82, 2.24) is 9.62 Å². The number of sulfonamides is 1. The first-order chi connectivity index (χ1) is 9.26.